The number of halogens is 2. The Morgan fingerprint density at radius 3 is 2.69 bits per heavy atom. The van der Waals surface area contributed by atoms with Crippen LogP contribution in [-0.4, -0.2) is 11.0 Å². The van der Waals surface area contributed by atoms with Gasteiger partial charge in [0.25, 0.3) is 5.91 Å². The Labute approximate surface area is 82.5 Å². The molecule has 13 heavy (non-hydrogen) atoms. The Bertz CT molecular complexity index is 343. The maximum atomic E-state index is 13.1. The maximum Gasteiger partial charge on any atom is 0.251 e. The number of primary amides is 1. The highest BCUT2D eigenvalue weighted by Gasteiger charge is 2.17. The fraction of sp³-hybridized carbons (Fsp3) is 0.125. The summed E-state index contributed by atoms with van der Waals surface area (Å²) in [6.45, 7) is 0. The molecule has 0 aliphatic carbocycles. The molecule has 0 aliphatic rings. The molecule has 0 saturated carbocycles. The van der Waals surface area contributed by atoms with E-state index in [0.717, 1.165) is 6.07 Å². The number of amides is 1. The van der Waals surface area contributed by atoms with Crippen molar-refractivity contribution >= 4 is 21.8 Å². The van der Waals surface area contributed by atoms with Gasteiger partial charge in [0.2, 0.25) is 0 Å². The average molecular weight is 248 g/mol. The molecule has 1 aromatic rings. The number of aliphatic hydroxyl groups excluding tert-OH is 1. The molecule has 3 nitrogen and oxygen atoms in total. The molecular weight excluding hydrogens is 241 g/mol. The maximum absolute atomic E-state index is 13.1. The van der Waals surface area contributed by atoms with Crippen molar-refractivity contribution in [1.82, 2.24) is 0 Å². The third-order valence-corrected chi connectivity index (χ3v) is 2.02. The molecule has 0 radical (unpaired) electrons. The first-order chi connectivity index (χ1) is 6.02. The lowest BCUT2D eigenvalue weighted by Gasteiger charge is -2.07. The van der Waals surface area contributed by atoms with E-state index in [2.05, 4.69) is 15.9 Å². The minimum Gasteiger partial charge on any atom is -0.378 e. The van der Waals surface area contributed by atoms with Crippen LogP contribution in [0.2, 0.25) is 0 Å². The van der Waals surface area contributed by atoms with E-state index in [1.807, 2.05) is 0 Å². The molecule has 1 atom stereocenters. The smallest absolute Gasteiger partial charge is 0.251 e. The van der Waals surface area contributed by atoms with E-state index in [4.69, 9.17) is 10.8 Å². The standard InChI is InChI=1S/C8H7BrFNO2/c9-4-1-2-5(6(10)3-4)7(12)8(11)13/h1-3,7,12H,(H2,11,13)/t7-/m0/s1. The molecule has 3 N–H and O–H groups in total. The Balaban J connectivity index is 3.08. The lowest BCUT2D eigenvalue weighted by molar-refractivity contribution is -0.126. The van der Waals surface area contributed by atoms with Crippen molar-refractivity contribution in [2.45, 2.75) is 6.10 Å². The number of hydrogen-bond donors (Lipinski definition) is 2. The second kappa shape index (κ2) is 3.85. The molecule has 0 fully saturated rings. The fourth-order valence-electron chi connectivity index (χ4n) is 0.877. The largest absolute Gasteiger partial charge is 0.378 e. The second-order valence-electron chi connectivity index (χ2n) is 2.47. The number of nitrogens with two attached hydrogens (primary N) is 1. The lowest BCUT2D eigenvalue weighted by atomic mass is 10.1. The van der Waals surface area contributed by atoms with Crippen molar-refractivity contribution in [2.75, 3.05) is 0 Å². The lowest BCUT2D eigenvalue weighted by Crippen LogP contribution is -2.21. The highest BCUT2D eigenvalue weighted by atomic mass is 79.9. The van der Waals surface area contributed by atoms with E-state index >= 15 is 0 Å². The van der Waals surface area contributed by atoms with E-state index < -0.39 is 17.8 Å². The predicted molar refractivity (Wildman–Crippen MR) is 48.3 cm³/mol. The van der Waals surface area contributed by atoms with Crippen LogP contribution < -0.4 is 5.73 Å². The molecule has 1 rings (SSSR count). The van der Waals surface area contributed by atoms with Crippen molar-refractivity contribution in [1.29, 1.82) is 0 Å². The normalized spacial score (nSPS) is 12.5. The fourth-order valence-corrected chi connectivity index (χ4v) is 1.21. The number of carbonyl (C=O) groups is 1. The summed E-state index contributed by atoms with van der Waals surface area (Å²) in [5.74, 6) is -1.64. The SMILES string of the molecule is NC(=O)[C@@H](O)c1ccc(Br)cc1F. The van der Waals surface area contributed by atoms with Gasteiger partial charge in [-0.05, 0) is 12.1 Å². The molecule has 0 spiro atoms. The van der Waals surface area contributed by atoms with Crippen LogP contribution in [0.25, 0.3) is 0 Å². The Hall–Kier alpha value is -0.940. The molecule has 70 valence electrons. The van der Waals surface area contributed by atoms with Crippen LogP contribution in [0, 0.1) is 5.82 Å². The van der Waals surface area contributed by atoms with Crippen molar-refractivity contribution in [3.63, 3.8) is 0 Å². The third kappa shape index (κ3) is 2.26. The van der Waals surface area contributed by atoms with Crippen LogP contribution in [-0.2, 0) is 4.79 Å². The number of benzene rings is 1. The Kier molecular flexibility index (Phi) is 3.00. The monoisotopic (exact) mass is 247 g/mol. The molecule has 0 aromatic heterocycles. The summed E-state index contributed by atoms with van der Waals surface area (Å²) < 4.78 is 13.6. The van der Waals surface area contributed by atoms with Crippen molar-refractivity contribution < 1.29 is 14.3 Å². The van der Waals surface area contributed by atoms with Crippen molar-refractivity contribution in [2.24, 2.45) is 5.73 Å². The van der Waals surface area contributed by atoms with E-state index in [9.17, 15) is 9.18 Å². The minimum absolute atomic E-state index is 0.115. The molecule has 1 amide bonds. The van der Waals surface area contributed by atoms with E-state index in [1.54, 1.807) is 0 Å². The Morgan fingerprint density at radius 2 is 2.23 bits per heavy atom. The first-order valence-electron chi connectivity index (χ1n) is 3.44. The zero-order chi connectivity index (χ0) is 10.0. The highest BCUT2D eigenvalue weighted by molar-refractivity contribution is 9.10. The van der Waals surface area contributed by atoms with Gasteiger partial charge in [-0.25, -0.2) is 4.39 Å². The number of rotatable bonds is 2. The van der Waals surface area contributed by atoms with E-state index in [0.29, 0.717) is 4.47 Å². The van der Waals surface area contributed by atoms with Gasteiger partial charge in [-0.2, -0.15) is 0 Å². The summed E-state index contributed by atoms with van der Waals surface area (Å²) in [4.78, 5) is 10.5. The molecular formula is C8H7BrFNO2. The summed E-state index contributed by atoms with van der Waals surface area (Å²) in [7, 11) is 0. The van der Waals surface area contributed by atoms with Gasteiger partial charge in [0.05, 0.1) is 0 Å². The van der Waals surface area contributed by atoms with Crippen LogP contribution >= 0.6 is 15.9 Å². The molecule has 1 aromatic carbocycles. The van der Waals surface area contributed by atoms with Crippen LogP contribution in [0.1, 0.15) is 11.7 Å². The summed E-state index contributed by atoms with van der Waals surface area (Å²) in [6, 6.07) is 3.97. The molecule has 0 saturated heterocycles. The summed E-state index contributed by atoms with van der Waals surface area (Å²) in [5.41, 5.74) is 4.69. The zero-order valence-corrected chi connectivity index (χ0v) is 8.08. The minimum atomic E-state index is -1.59. The van der Waals surface area contributed by atoms with Gasteiger partial charge < -0.3 is 10.8 Å². The highest BCUT2D eigenvalue weighted by Crippen LogP contribution is 2.20. The first-order valence-corrected chi connectivity index (χ1v) is 4.24. The molecule has 0 heterocycles. The summed E-state index contributed by atoms with van der Waals surface area (Å²) in [5, 5.41) is 9.14. The van der Waals surface area contributed by atoms with E-state index in [-0.39, 0.29) is 5.56 Å². The topological polar surface area (TPSA) is 63.3 Å². The predicted octanol–water partition coefficient (Wildman–Crippen LogP) is 1.11. The van der Waals surface area contributed by atoms with Gasteiger partial charge in [0.15, 0.2) is 6.10 Å². The molecule has 0 bridgehead atoms. The van der Waals surface area contributed by atoms with Gasteiger partial charge in [-0.1, -0.05) is 22.0 Å². The van der Waals surface area contributed by atoms with Crippen molar-refractivity contribution in [3.8, 4) is 0 Å². The van der Waals surface area contributed by atoms with Gasteiger partial charge >= 0.3 is 0 Å². The van der Waals surface area contributed by atoms with Gasteiger partial charge in [-0.3, -0.25) is 4.79 Å². The van der Waals surface area contributed by atoms with Crippen LogP contribution in [0.4, 0.5) is 4.39 Å². The van der Waals surface area contributed by atoms with Gasteiger partial charge in [-0.15, -0.1) is 0 Å². The average Bonchev–Trinajstić information content (AvgIpc) is 2.03. The van der Waals surface area contributed by atoms with Crippen LogP contribution in [0.3, 0.4) is 0 Å². The van der Waals surface area contributed by atoms with Gasteiger partial charge in [0.1, 0.15) is 5.82 Å². The van der Waals surface area contributed by atoms with Crippen molar-refractivity contribution in [3.05, 3.63) is 34.1 Å². The molecule has 0 aliphatic heterocycles. The van der Waals surface area contributed by atoms with Crippen LogP contribution in [0.15, 0.2) is 22.7 Å². The van der Waals surface area contributed by atoms with Crippen LogP contribution in [0.5, 0.6) is 0 Å². The van der Waals surface area contributed by atoms with Gasteiger partial charge in [0, 0.05) is 10.0 Å². The second-order valence-corrected chi connectivity index (χ2v) is 3.39. The summed E-state index contributed by atoms with van der Waals surface area (Å²) >= 11 is 3.04. The number of aliphatic hydroxyl groups is 1. The third-order valence-electron chi connectivity index (χ3n) is 1.53. The summed E-state index contributed by atoms with van der Waals surface area (Å²) in [6.07, 6.45) is -1.59. The number of hydrogen-bond acceptors (Lipinski definition) is 2. The molecule has 5 heteroatoms. The quantitative estimate of drug-likeness (QED) is 0.823. The van der Waals surface area contributed by atoms with E-state index in [1.165, 1.54) is 12.1 Å². The Morgan fingerprint density at radius 1 is 1.62 bits per heavy atom. The number of carbonyl (C=O) groups excluding carboxylic acids is 1. The molecule has 0 unspecified atom stereocenters. The first kappa shape index (κ1) is 10.1. The zero-order valence-electron chi connectivity index (χ0n) is 6.50.